The van der Waals surface area contributed by atoms with Crippen molar-refractivity contribution in [3.63, 3.8) is 0 Å². The van der Waals surface area contributed by atoms with Gasteiger partial charge in [-0.1, -0.05) is 30.3 Å². The Labute approximate surface area is 208 Å². The third kappa shape index (κ3) is 5.11. The molecule has 0 spiro atoms. The van der Waals surface area contributed by atoms with E-state index in [4.69, 9.17) is 10.1 Å². The summed E-state index contributed by atoms with van der Waals surface area (Å²) in [7, 11) is 0. The highest BCUT2D eigenvalue weighted by Gasteiger charge is 2.25. The SMILES string of the molecule is Cc1cc2c(N3CCN(C(=O)c4ccc(-c5ccccc5)nc4)CC3)nc(NCCCO)nc2s1. The van der Waals surface area contributed by atoms with E-state index in [1.807, 2.05) is 47.4 Å². The van der Waals surface area contributed by atoms with Crippen molar-refractivity contribution in [1.29, 1.82) is 0 Å². The third-order valence-electron chi connectivity index (χ3n) is 6.06. The van der Waals surface area contributed by atoms with Crippen LogP contribution in [-0.2, 0) is 0 Å². The molecule has 180 valence electrons. The molecule has 1 fully saturated rings. The molecule has 0 unspecified atom stereocenters. The zero-order chi connectivity index (χ0) is 24.2. The number of nitrogens with zero attached hydrogens (tertiary/aromatic N) is 5. The second-order valence-electron chi connectivity index (χ2n) is 8.53. The van der Waals surface area contributed by atoms with Gasteiger partial charge in [-0.3, -0.25) is 9.78 Å². The maximum atomic E-state index is 13.1. The summed E-state index contributed by atoms with van der Waals surface area (Å²) in [5.74, 6) is 1.47. The van der Waals surface area contributed by atoms with Gasteiger partial charge in [0, 0.05) is 56.0 Å². The number of piperazine rings is 1. The minimum Gasteiger partial charge on any atom is -0.396 e. The minimum atomic E-state index is 0.00216. The van der Waals surface area contributed by atoms with Gasteiger partial charge in [-0.05, 0) is 31.5 Å². The van der Waals surface area contributed by atoms with Crippen molar-refractivity contribution in [2.24, 2.45) is 0 Å². The molecule has 1 aliphatic rings. The van der Waals surface area contributed by atoms with Gasteiger partial charge in [0.05, 0.1) is 16.6 Å². The highest BCUT2D eigenvalue weighted by Crippen LogP contribution is 2.32. The zero-order valence-corrected chi connectivity index (χ0v) is 20.5. The van der Waals surface area contributed by atoms with Crippen LogP contribution < -0.4 is 10.2 Å². The maximum absolute atomic E-state index is 13.1. The monoisotopic (exact) mass is 488 g/mol. The van der Waals surface area contributed by atoms with E-state index in [1.54, 1.807) is 17.5 Å². The standard InChI is InChI=1S/C26H28N6O2S/c1-18-16-21-23(29-26(27-10-5-15-33)30-24(21)35-18)31-11-13-32(14-12-31)25(34)20-8-9-22(28-17-20)19-6-3-2-4-7-19/h2-4,6-9,16-17,33H,5,10-15H2,1H3,(H,27,29,30). The highest BCUT2D eigenvalue weighted by atomic mass is 32.1. The van der Waals surface area contributed by atoms with E-state index in [-0.39, 0.29) is 12.5 Å². The highest BCUT2D eigenvalue weighted by molar-refractivity contribution is 7.18. The summed E-state index contributed by atoms with van der Waals surface area (Å²) in [6, 6.07) is 15.8. The topological polar surface area (TPSA) is 94.5 Å². The van der Waals surface area contributed by atoms with Crippen LogP contribution in [0.25, 0.3) is 21.5 Å². The Hall–Kier alpha value is -3.56. The van der Waals surface area contributed by atoms with Crippen molar-refractivity contribution in [1.82, 2.24) is 19.9 Å². The number of aryl methyl sites for hydroxylation is 1. The molecule has 0 atom stereocenters. The van der Waals surface area contributed by atoms with E-state index in [2.05, 4.69) is 33.2 Å². The van der Waals surface area contributed by atoms with Crippen LogP contribution in [0.4, 0.5) is 11.8 Å². The van der Waals surface area contributed by atoms with Crippen molar-refractivity contribution >= 4 is 39.2 Å². The number of rotatable bonds is 7. The molecule has 9 heteroatoms. The molecule has 0 saturated carbocycles. The average molecular weight is 489 g/mol. The summed E-state index contributed by atoms with van der Waals surface area (Å²) in [6.45, 7) is 5.42. The second-order valence-corrected chi connectivity index (χ2v) is 9.76. The lowest BCUT2D eigenvalue weighted by atomic mass is 10.1. The van der Waals surface area contributed by atoms with Crippen LogP contribution in [0.15, 0.2) is 54.7 Å². The van der Waals surface area contributed by atoms with Crippen LogP contribution in [0, 0.1) is 6.92 Å². The lowest BCUT2D eigenvalue weighted by molar-refractivity contribution is 0.0746. The molecule has 4 aromatic rings. The van der Waals surface area contributed by atoms with Gasteiger partial charge >= 0.3 is 0 Å². The zero-order valence-electron chi connectivity index (χ0n) is 19.6. The number of nitrogens with one attached hydrogen (secondary N) is 1. The fourth-order valence-electron chi connectivity index (χ4n) is 4.23. The Balaban J connectivity index is 1.28. The van der Waals surface area contributed by atoms with Gasteiger partial charge in [-0.2, -0.15) is 4.98 Å². The second kappa shape index (κ2) is 10.4. The number of anilines is 2. The van der Waals surface area contributed by atoms with E-state index in [1.165, 1.54) is 4.88 Å². The number of hydrogen-bond acceptors (Lipinski definition) is 8. The summed E-state index contributed by atoms with van der Waals surface area (Å²) in [4.78, 5) is 33.3. The molecule has 1 aliphatic heterocycles. The summed E-state index contributed by atoms with van der Waals surface area (Å²) in [6.07, 6.45) is 2.31. The predicted molar refractivity (Wildman–Crippen MR) is 140 cm³/mol. The molecule has 1 aromatic carbocycles. The molecule has 5 rings (SSSR count). The molecule has 1 amide bonds. The van der Waals surface area contributed by atoms with Crippen molar-refractivity contribution in [2.45, 2.75) is 13.3 Å². The number of aliphatic hydroxyl groups is 1. The minimum absolute atomic E-state index is 0.00216. The number of pyridine rings is 1. The van der Waals surface area contributed by atoms with Gasteiger partial charge in [-0.25, -0.2) is 4.98 Å². The van der Waals surface area contributed by atoms with E-state index < -0.39 is 0 Å². The van der Waals surface area contributed by atoms with Gasteiger partial charge in [0.25, 0.3) is 5.91 Å². The molecular formula is C26H28N6O2S. The lowest BCUT2D eigenvalue weighted by Gasteiger charge is -2.35. The molecule has 35 heavy (non-hydrogen) atoms. The first-order valence-corrected chi connectivity index (χ1v) is 12.6. The molecule has 0 radical (unpaired) electrons. The van der Waals surface area contributed by atoms with Gasteiger partial charge in [0.1, 0.15) is 10.6 Å². The lowest BCUT2D eigenvalue weighted by Crippen LogP contribution is -2.49. The van der Waals surface area contributed by atoms with Crippen LogP contribution in [-0.4, -0.2) is 70.2 Å². The number of hydrogen-bond donors (Lipinski definition) is 2. The Morgan fingerprint density at radius 1 is 1.09 bits per heavy atom. The number of aromatic nitrogens is 3. The predicted octanol–water partition coefficient (Wildman–Crippen LogP) is 3.82. The first-order valence-electron chi connectivity index (χ1n) is 11.8. The third-order valence-corrected chi connectivity index (χ3v) is 7.00. The number of fused-ring (bicyclic) bond motifs is 1. The molecule has 0 bridgehead atoms. The molecule has 1 saturated heterocycles. The van der Waals surface area contributed by atoms with Crippen LogP contribution in [0.2, 0.25) is 0 Å². The summed E-state index contributed by atoms with van der Waals surface area (Å²) in [5, 5.41) is 13.3. The molecule has 0 aliphatic carbocycles. The molecular weight excluding hydrogens is 460 g/mol. The molecule has 2 N–H and O–H groups in total. The average Bonchev–Trinajstić information content (AvgIpc) is 3.29. The van der Waals surface area contributed by atoms with Gasteiger partial charge in [0.15, 0.2) is 0 Å². The number of thiophene rings is 1. The van der Waals surface area contributed by atoms with E-state index in [0.29, 0.717) is 50.7 Å². The molecule has 4 heterocycles. The normalized spacial score (nSPS) is 13.9. The molecule has 8 nitrogen and oxygen atoms in total. The van der Waals surface area contributed by atoms with Gasteiger partial charge in [0.2, 0.25) is 5.95 Å². The van der Waals surface area contributed by atoms with E-state index >= 15 is 0 Å². The number of amides is 1. The summed E-state index contributed by atoms with van der Waals surface area (Å²) >= 11 is 1.65. The van der Waals surface area contributed by atoms with Crippen molar-refractivity contribution in [3.8, 4) is 11.3 Å². The fourth-order valence-corrected chi connectivity index (χ4v) is 5.10. The Kier molecular flexibility index (Phi) is 6.87. The summed E-state index contributed by atoms with van der Waals surface area (Å²) < 4.78 is 0. The molecule has 3 aromatic heterocycles. The van der Waals surface area contributed by atoms with Crippen molar-refractivity contribution in [3.05, 3.63) is 65.2 Å². The van der Waals surface area contributed by atoms with E-state index in [9.17, 15) is 4.79 Å². The van der Waals surface area contributed by atoms with Crippen molar-refractivity contribution < 1.29 is 9.90 Å². The largest absolute Gasteiger partial charge is 0.396 e. The van der Waals surface area contributed by atoms with Crippen molar-refractivity contribution in [2.75, 3.05) is 49.5 Å². The number of benzene rings is 1. The smallest absolute Gasteiger partial charge is 0.255 e. The van der Waals surface area contributed by atoms with Gasteiger partial charge in [-0.15, -0.1) is 11.3 Å². The summed E-state index contributed by atoms with van der Waals surface area (Å²) in [5.41, 5.74) is 2.49. The maximum Gasteiger partial charge on any atom is 0.255 e. The quantitative estimate of drug-likeness (QED) is 0.382. The van der Waals surface area contributed by atoms with Crippen LogP contribution in [0.5, 0.6) is 0 Å². The first-order chi connectivity index (χ1) is 17.1. The first kappa shape index (κ1) is 23.2. The van der Waals surface area contributed by atoms with Gasteiger partial charge < -0.3 is 20.2 Å². The number of carbonyl (C=O) groups is 1. The number of carbonyl (C=O) groups excluding carboxylic acids is 1. The van der Waals surface area contributed by atoms with Crippen LogP contribution >= 0.6 is 11.3 Å². The van der Waals surface area contributed by atoms with Crippen LogP contribution in [0.1, 0.15) is 21.7 Å². The Bertz CT molecular complexity index is 1300. The number of aliphatic hydroxyl groups excluding tert-OH is 1. The van der Waals surface area contributed by atoms with E-state index in [0.717, 1.165) is 27.3 Å². The fraction of sp³-hybridized carbons (Fsp3) is 0.308. The Morgan fingerprint density at radius 3 is 2.60 bits per heavy atom. The van der Waals surface area contributed by atoms with Crippen LogP contribution in [0.3, 0.4) is 0 Å². The Morgan fingerprint density at radius 2 is 1.89 bits per heavy atom.